The summed E-state index contributed by atoms with van der Waals surface area (Å²) in [6.07, 6.45) is 0. The summed E-state index contributed by atoms with van der Waals surface area (Å²) < 4.78 is 6.33. The molecule has 2 rings (SSSR count). The van der Waals surface area contributed by atoms with Crippen molar-refractivity contribution in [2.45, 2.75) is 6.54 Å². The standard InChI is InChI=1S/C14H11BrN2O2S/c15-11-5-6-20-13(11)8-17-14(18)9-19-12-4-2-1-3-10(12)7-16/h1-6H,8-9H2,(H,17,18). The summed E-state index contributed by atoms with van der Waals surface area (Å²) in [4.78, 5) is 12.7. The van der Waals surface area contributed by atoms with Crippen molar-refractivity contribution in [3.05, 3.63) is 50.6 Å². The summed E-state index contributed by atoms with van der Waals surface area (Å²) in [5.41, 5.74) is 0.418. The van der Waals surface area contributed by atoms with Crippen molar-refractivity contribution in [2.24, 2.45) is 0 Å². The molecule has 102 valence electrons. The maximum atomic E-state index is 11.7. The number of thiophene rings is 1. The molecule has 0 radical (unpaired) electrons. The molecule has 0 atom stereocenters. The van der Waals surface area contributed by atoms with Gasteiger partial charge in [-0.25, -0.2) is 0 Å². The predicted molar refractivity (Wildman–Crippen MR) is 80.5 cm³/mol. The molecule has 1 aromatic heterocycles. The van der Waals surface area contributed by atoms with Gasteiger partial charge in [-0.3, -0.25) is 4.79 Å². The average Bonchev–Trinajstić information content (AvgIpc) is 2.88. The summed E-state index contributed by atoms with van der Waals surface area (Å²) in [7, 11) is 0. The minimum absolute atomic E-state index is 0.109. The van der Waals surface area contributed by atoms with Crippen LogP contribution in [-0.4, -0.2) is 12.5 Å². The van der Waals surface area contributed by atoms with E-state index in [-0.39, 0.29) is 12.5 Å². The van der Waals surface area contributed by atoms with Crippen molar-refractivity contribution in [2.75, 3.05) is 6.61 Å². The van der Waals surface area contributed by atoms with Crippen LogP contribution in [0.1, 0.15) is 10.4 Å². The van der Waals surface area contributed by atoms with E-state index >= 15 is 0 Å². The van der Waals surface area contributed by atoms with Crippen LogP contribution in [0.4, 0.5) is 0 Å². The molecule has 0 unspecified atom stereocenters. The molecule has 0 fully saturated rings. The van der Waals surface area contributed by atoms with Crippen LogP contribution in [0.2, 0.25) is 0 Å². The number of ether oxygens (including phenoxy) is 1. The smallest absolute Gasteiger partial charge is 0.258 e. The van der Waals surface area contributed by atoms with Gasteiger partial charge in [-0.1, -0.05) is 12.1 Å². The van der Waals surface area contributed by atoms with Crippen LogP contribution >= 0.6 is 27.3 Å². The Labute approximate surface area is 129 Å². The van der Waals surface area contributed by atoms with Crippen LogP contribution in [0.15, 0.2) is 40.2 Å². The van der Waals surface area contributed by atoms with Crippen LogP contribution in [-0.2, 0) is 11.3 Å². The van der Waals surface area contributed by atoms with Crippen molar-refractivity contribution in [1.29, 1.82) is 5.26 Å². The zero-order chi connectivity index (χ0) is 14.4. The Morgan fingerprint density at radius 3 is 2.90 bits per heavy atom. The fourth-order valence-electron chi connectivity index (χ4n) is 1.51. The van der Waals surface area contributed by atoms with Crippen molar-refractivity contribution in [1.82, 2.24) is 5.32 Å². The zero-order valence-corrected chi connectivity index (χ0v) is 12.8. The SMILES string of the molecule is N#Cc1ccccc1OCC(=O)NCc1sccc1Br. The van der Waals surface area contributed by atoms with Gasteiger partial charge in [0.1, 0.15) is 11.8 Å². The maximum Gasteiger partial charge on any atom is 0.258 e. The third-order valence-corrected chi connectivity index (χ3v) is 4.43. The van der Waals surface area contributed by atoms with E-state index in [9.17, 15) is 4.79 Å². The van der Waals surface area contributed by atoms with Crippen molar-refractivity contribution >= 4 is 33.2 Å². The number of benzene rings is 1. The summed E-state index contributed by atoms with van der Waals surface area (Å²) in [6, 6.07) is 10.8. The minimum atomic E-state index is -0.224. The Kier molecular flexibility index (Phi) is 5.16. The van der Waals surface area contributed by atoms with E-state index in [1.807, 2.05) is 17.5 Å². The van der Waals surface area contributed by atoms with Gasteiger partial charge < -0.3 is 10.1 Å². The second kappa shape index (κ2) is 7.08. The van der Waals surface area contributed by atoms with Gasteiger partial charge in [-0.05, 0) is 39.5 Å². The fraction of sp³-hybridized carbons (Fsp3) is 0.143. The summed E-state index contributed by atoms with van der Waals surface area (Å²) in [5, 5.41) is 13.6. The molecule has 2 aromatic rings. The van der Waals surface area contributed by atoms with E-state index in [0.717, 1.165) is 9.35 Å². The van der Waals surface area contributed by atoms with E-state index < -0.39 is 0 Å². The number of carbonyl (C=O) groups is 1. The lowest BCUT2D eigenvalue weighted by Gasteiger charge is -2.08. The van der Waals surface area contributed by atoms with E-state index in [4.69, 9.17) is 10.00 Å². The molecule has 1 amide bonds. The average molecular weight is 351 g/mol. The topological polar surface area (TPSA) is 62.1 Å². The first kappa shape index (κ1) is 14.6. The predicted octanol–water partition coefficient (Wildman–Crippen LogP) is 3.08. The Morgan fingerprint density at radius 1 is 1.40 bits per heavy atom. The lowest BCUT2D eigenvalue weighted by Crippen LogP contribution is -2.28. The number of hydrogen-bond acceptors (Lipinski definition) is 4. The third-order valence-electron chi connectivity index (χ3n) is 2.50. The number of carbonyl (C=O) groups excluding carboxylic acids is 1. The molecule has 0 saturated carbocycles. The molecule has 0 saturated heterocycles. The van der Waals surface area contributed by atoms with Gasteiger partial charge in [-0.2, -0.15) is 5.26 Å². The van der Waals surface area contributed by atoms with Gasteiger partial charge >= 0.3 is 0 Å². The largest absolute Gasteiger partial charge is 0.482 e. The molecule has 0 aliphatic carbocycles. The molecule has 6 heteroatoms. The molecule has 1 N–H and O–H groups in total. The number of nitriles is 1. The number of amides is 1. The zero-order valence-electron chi connectivity index (χ0n) is 10.4. The molecule has 0 aliphatic rings. The van der Waals surface area contributed by atoms with Crippen LogP contribution in [0.3, 0.4) is 0 Å². The number of nitrogens with zero attached hydrogens (tertiary/aromatic N) is 1. The number of para-hydroxylation sites is 1. The van der Waals surface area contributed by atoms with Gasteiger partial charge in [-0.15, -0.1) is 11.3 Å². The molecule has 1 heterocycles. The molecule has 0 aliphatic heterocycles. The van der Waals surface area contributed by atoms with Crippen molar-refractivity contribution in [3.63, 3.8) is 0 Å². The highest BCUT2D eigenvalue weighted by atomic mass is 79.9. The number of nitrogens with one attached hydrogen (secondary N) is 1. The van der Waals surface area contributed by atoms with Gasteiger partial charge in [0.25, 0.3) is 5.91 Å². The molecule has 20 heavy (non-hydrogen) atoms. The second-order valence-corrected chi connectivity index (χ2v) is 5.72. The number of rotatable bonds is 5. The van der Waals surface area contributed by atoms with Crippen molar-refractivity contribution < 1.29 is 9.53 Å². The highest BCUT2D eigenvalue weighted by molar-refractivity contribution is 9.10. The van der Waals surface area contributed by atoms with E-state index in [2.05, 4.69) is 21.2 Å². The fourth-order valence-corrected chi connectivity index (χ4v) is 2.94. The van der Waals surface area contributed by atoms with Crippen LogP contribution in [0.25, 0.3) is 0 Å². The van der Waals surface area contributed by atoms with Gasteiger partial charge in [0, 0.05) is 9.35 Å². The Morgan fingerprint density at radius 2 is 2.20 bits per heavy atom. The summed E-state index contributed by atoms with van der Waals surface area (Å²) in [6.45, 7) is 0.349. The lowest BCUT2D eigenvalue weighted by atomic mass is 10.2. The summed E-state index contributed by atoms with van der Waals surface area (Å²) in [5.74, 6) is 0.195. The third kappa shape index (κ3) is 3.83. The number of halogens is 1. The molecule has 0 bridgehead atoms. The van der Waals surface area contributed by atoms with Crippen LogP contribution < -0.4 is 10.1 Å². The normalized spacial score (nSPS) is 9.80. The molecular weight excluding hydrogens is 340 g/mol. The summed E-state index contributed by atoms with van der Waals surface area (Å²) >= 11 is 4.97. The Balaban J connectivity index is 1.84. The maximum absolute atomic E-state index is 11.7. The van der Waals surface area contributed by atoms with Crippen LogP contribution in [0.5, 0.6) is 5.75 Å². The minimum Gasteiger partial charge on any atom is -0.482 e. The van der Waals surface area contributed by atoms with Crippen LogP contribution in [0, 0.1) is 11.3 Å². The second-order valence-electron chi connectivity index (χ2n) is 3.87. The van der Waals surface area contributed by atoms with Gasteiger partial charge in [0.15, 0.2) is 6.61 Å². The quantitative estimate of drug-likeness (QED) is 0.901. The number of hydrogen-bond donors (Lipinski definition) is 1. The highest BCUT2D eigenvalue weighted by Gasteiger charge is 2.07. The van der Waals surface area contributed by atoms with E-state index in [1.54, 1.807) is 35.6 Å². The monoisotopic (exact) mass is 350 g/mol. The first-order valence-electron chi connectivity index (χ1n) is 5.81. The molecule has 4 nitrogen and oxygen atoms in total. The molecule has 0 spiro atoms. The van der Waals surface area contributed by atoms with E-state index in [1.165, 1.54) is 0 Å². The first-order valence-corrected chi connectivity index (χ1v) is 7.48. The van der Waals surface area contributed by atoms with E-state index in [0.29, 0.717) is 17.9 Å². The van der Waals surface area contributed by atoms with Crippen molar-refractivity contribution in [3.8, 4) is 11.8 Å². The van der Waals surface area contributed by atoms with Gasteiger partial charge in [0.2, 0.25) is 0 Å². The molecular formula is C14H11BrN2O2S. The Hall–Kier alpha value is -1.84. The lowest BCUT2D eigenvalue weighted by molar-refractivity contribution is -0.123. The van der Waals surface area contributed by atoms with Gasteiger partial charge in [0.05, 0.1) is 12.1 Å². The Bertz CT molecular complexity index is 649. The molecule has 1 aromatic carbocycles. The highest BCUT2D eigenvalue weighted by Crippen LogP contribution is 2.22. The first-order chi connectivity index (χ1) is 9.70.